The molecule has 1 N–H and O–H groups in total. The summed E-state index contributed by atoms with van der Waals surface area (Å²) >= 11 is 0. The minimum Gasteiger partial charge on any atom is -0.476 e. The fraction of sp³-hybridized carbons (Fsp3) is 0.286. The monoisotopic (exact) mass is 321 g/mol. The summed E-state index contributed by atoms with van der Waals surface area (Å²) in [5, 5.41) is 13.2. The molecule has 3 rings (SSSR count). The van der Waals surface area contributed by atoms with Crippen molar-refractivity contribution in [3.63, 3.8) is 0 Å². The summed E-state index contributed by atoms with van der Waals surface area (Å²) < 4.78 is 28.1. The van der Waals surface area contributed by atoms with Crippen LogP contribution in [0.3, 0.4) is 0 Å². The second-order valence-electron chi connectivity index (χ2n) is 5.10. The normalized spacial score (nSPS) is 15.5. The Hall–Kier alpha value is -2.19. The van der Waals surface area contributed by atoms with Crippen molar-refractivity contribution in [3.8, 4) is 0 Å². The Morgan fingerprint density at radius 2 is 1.95 bits per heavy atom. The summed E-state index contributed by atoms with van der Waals surface area (Å²) in [6.45, 7) is 0.338. The van der Waals surface area contributed by atoms with Crippen molar-refractivity contribution in [1.82, 2.24) is 14.1 Å². The number of aryl methyl sites for hydroxylation is 1. The molecule has 1 aromatic carbocycles. The molecule has 0 radical (unpaired) electrons. The number of aromatic nitrogens is 2. The van der Waals surface area contributed by atoms with Crippen molar-refractivity contribution in [2.24, 2.45) is 7.05 Å². The second kappa shape index (κ2) is 5.22. The largest absolute Gasteiger partial charge is 0.476 e. The molecule has 0 aliphatic carbocycles. The summed E-state index contributed by atoms with van der Waals surface area (Å²) in [7, 11) is -1.96. The first-order chi connectivity index (χ1) is 10.4. The van der Waals surface area contributed by atoms with Crippen LogP contribution in [0, 0.1) is 0 Å². The molecule has 1 aromatic heterocycles. The topological polar surface area (TPSA) is 92.5 Å². The fourth-order valence-corrected chi connectivity index (χ4v) is 4.12. The Morgan fingerprint density at radius 1 is 1.27 bits per heavy atom. The van der Waals surface area contributed by atoms with Crippen LogP contribution in [-0.4, -0.2) is 40.1 Å². The van der Waals surface area contributed by atoms with E-state index in [2.05, 4.69) is 5.10 Å². The molecular formula is C14H15N3O4S. The molecule has 2 heterocycles. The Balaban J connectivity index is 2.00. The summed E-state index contributed by atoms with van der Waals surface area (Å²) in [6.07, 6.45) is 0.443. The highest BCUT2D eigenvalue weighted by Crippen LogP contribution is 2.26. The van der Waals surface area contributed by atoms with Gasteiger partial charge in [-0.05, 0) is 12.1 Å². The lowest BCUT2D eigenvalue weighted by Gasteiger charge is -2.26. The summed E-state index contributed by atoms with van der Waals surface area (Å²) in [4.78, 5) is 11.5. The van der Waals surface area contributed by atoms with E-state index in [0.717, 1.165) is 5.69 Å². The van der Waals surface area contributed by atoms with Gasteiger partial charge in [0.2, 0.25) is 10.0 Å². The molecular weight excluding hydrogens is 306 g/mol. The third-order valence-corrected chi connectivity index (χ3v) is 5.65. The van der Waals surface area contributed by atoms with Gasteiger partial charge in [0.25, 0.3) is 0 Å². The second-order valence-corrected chi connectivity index (χ2v) is 7.04. The number of hydrogen-bond acceptors (Lipinski definition) is 4. The molecule has 0 bridgehead atoms. The maximum Gasteiger partial charge on any atom is 0.356 e. The minimum absolute atomic E-state index is 0.0298. The molecule has 2 aromatic rings. The molecule has 8 heteroatoms. The predicted octanol–water partition coefficient (Wildman–Crippen LogP) is 0.865. The molecule has 0 fully saturated rings. The molecule has 0 unspecified atom stereocenters. The van der Waals surface area contributed by atoms with E-state index in [1.807, 2.05) is 0 Å². The van der Waals surface area contributed by atoms with Crippen LogP contribution in [0.5, 0.6) is 0 Å². The molecule has 116 valence electrons. The highest BCUT2D eigenvalue weighted by atomic mass is 32.2. The number of fused-ring (bicyclic) bond motifs is 1. The van der Waals surface area contributed by atoms with Gasteiger partial charge >= 0.3 is 5.97 Å². The smallest absolute Gasteiger partial charge is 0.356 e. The molecule has 7 nitrogen and oxygen atoms in total. The molecule has 1 aliphatic rings. The van der Waals surface area contributed by atoms with Crippen LogP contribution in [0.15, 0.2) is 35.2 Å². The van der Waals surface area contributed by atoms with Crippen LogP contribution in [-0.2, 0) is 30.0 Å². The molecule has 1 aliphatic heterocycles. The van der Waals surface area contributed by atoms with Gasteiger partial charge in [0.1, 0.15) is 0 Å². The predicted molar refractivity (Wildman–Crippen MR) is 77.9 cm³/mol. The number of carbonyl (C=O) groups is 1. The van der Waals surface area contributed by atoms with E-state index in [1.54, 1.807) is 25.2 Å². The van der Waals surface area contributed by atoms with E-state index in [-0.39, 0.29) is 17.1 Å². The number of sulfonamides is 1. The third-order valence-electron chi connectivity index (χ3n) is 3.79. The van der Waals surface area contributed by atoms with Gasteiger partial charge in [-0.25, -0.2) is 13.2 Å². The molecule has 0 atom stereocenters. The van der Waals surface area contributed by atoms with Gasteiger partial charge in [0.15, 0.2) is 5.69 Å². The Labute approximate surface area is 127 Å². The fourth-order valence-electron chi connectivity index (χ4n) is 2.69. The lowest BCUT2D eigenvalue weighted by atomic mass is 10.1. The molecule has 0 saturated carbocycles. The maximum absolute atomic E-state index is 12.6. The number of hydrogen-bond donors (Lipinski definition) is 1. The molecule has 22 heavy (non-hydrogen) atoms. The van der Waals surface area contributed by atoms with Crippen molar-refractivity contribution in [1.29, 1.82) is 0 Å². The number of carboxylic acids is 1. The van der Waals surface area contributed by atoms with Crippen molar-refractivity contribution in [2.75, 3.05) is 6.54 Å². The van der Waals surface area contributed by atoms with E-state index in [9.17, 15) is 18.3 Å². The van der Waals surface area contributed by atoms with Gasteiger partial charge in [-0.1, -0.05) is 18.2 Å². The van der Waals surface area contributed by atoms with Crippen LogP contribution in [0.1, 0.15) is 21.7 Å². The quantitative estimate of drug-likeness (QED) is 0.905. The van der Waals surface area contributed by atoms with Crippen LogP contribution in [0.25, 0.3) is 0 Å². The first kappa shape index (κ1) is 14.7. The lowest BCUT2D eigenvalue weighted by Crippen LogP contribution is -2.36. The first-order valence-corrected chi connectivity index (χ1v) is 8.18. The van der Waals surface area contributed by atoms with Crippen LogP contribution < -0.4 is 0 Å². The van der Waals surface area contributed by atoms with Crippen LogP contribution in [0.4, 0.5) is 0 Å². The van der Waals surface area contributed by atoms with E-state index in [4.69, 9.17) is 0 Å². The highest BCUT2D eigenvalue weighted by Gasteiger charge is 2.33. The maximum atomic E-state index is 12.6. The zero-order valence-electron chi connectivity index (χ0n) is 11.9. The van der Waals surface area contributed by atoms with E-state index in [1.165, 1.54) is 21.1 Å². The summed E-state index contributed by atoms with van der Waals surface area (Å²) in [6, 6.07) is 8.14. The van der Waals surface area contributed by atoms with E-state index < -0.39 is 16.0 Å². The Morgan fingerprint density at radius 3 is 2.59 bits per heavy atom. The summed E-state index contributed by atoms with van der Waals surface area (Å²) in [5.41, 5.74) is 1.17. The Kier molecular flexibility index (Phi) is 3.50. The van der Waals surface area contributed by atoms with Gasteiger partial charge < -0.3 is 5.11 Å². The Bertz CT molecular complexity index is 827. The SMILES string of the molecule is Cn1nc(C(=O)O)c2c1CCN(S(=O)(=O)c1ccccc1)C2. The van der Waals surface area contributed by atoms with Crippen molar-refractivity contribution < 1.29 is 18.3 Å². The highest BCUT2D eigenvalue weighted by molar-refractivity contribution is 7.89. The van der Waals surface area contributed by atoms with E-state index in [0.29, 0.717) is 18.5 Å². The number of benzene rings is 1. The standard InChI is InChI=1S/C14H15N3O4S/c1-16-12-7-8-17(9-11(12)13(15-16)14(18)19)22(20,21)10-5-3-2-4-6-10/h2-6H,7-9H2,1H3,(H,18,19). The number of carboxylic acid groups (broad SMARTS) is 1. The van der Waals surface area contributed by atoms with Crippen molar-refractivity contribution >= 4 is 16.0 Å². The number of rotatable bonds is 3. The van der Waals surface area contributed by atoms with Crippen LogP contribution in [0.2, 0.25) is 0 Å². The van der Waals surface area contributed by atoms with Gasteiger partial charge in [0.05, 0.1) is 4.90 Å². The average Bonchev–Trinajstić information content (AvgIpc) is 2.85. The third kappa shape index (κ3) is 2.30. The van der Waals surface area contributed by atoms with Crippen molar-refractivity contribution in [2.45, 2.75) is 17.9 Å². The number of nitrogens with zero attached hydrogens (tertiary/aromatic N) is 3. The molecule has 0 saturated heterocycles. The molecule has 0 spiro atoms. The zero-order valence-corrected chi connectivity index (χ0v) is 12.7. The summed E-state index contributed by atoms with van der Waals surface area (Å²) in [5.74, 6) is -1.14. The van der Waals surface area contributed by atoms with Crippen LogP contribution >= 0.6 is 0 Å². The number of aromatic carboxylic acids is 1. The van der Waals surface area contributed by atoms with E-state index >= 15 is 0 Å². The van der Waals surface area contributed by atoms with Gasteiger partial charge in [0, 0.05) is 37.8 Å². The van der Waals surface area contributed by atoms with Gasteiger partial charge in [-0.15, -0.1) is 0 Å². The average molecular weight is 321 g/mol. The first-order valence-electron chi connectivity index (χ1n) is 6.74. The van der Waals surface area contributed by atoms with Crippen molar-refractivity contribution in [3.05, 3.63) is 47.3 Å². The van der Waals surface area contributed by atoms with Gasteiger partial charge in [-0.3, -0.25) is 4.68 Å². The minimum atomic E-state index is -3.63. The zero-order chi connectivity index (χ0) is 15.9. The lowest BCUT2D eigenvalue weighted by molar-refractivity contribution is 0.0687. The van der Waals surface area contributed by atoms with Gasteiger partial charge in [-0.2, -0.15) is 9.40 Å². The molecule has 0 amide bonds.